The summed E-state index contributed by atoms with van der Waals surface area (Å²) in [6.07, 6.45) is 0. The van der Waals surface area contributed by atoms with Crippen LogP contribution in [0.3, 0.4) is 0 Å². The van der Waals surface area contributed by atoms with Crippen molar-refractivity contribution < 1.29 is 18.7 Å². The molecule has 0 aliphatic carbocycles. The Morgan fingerprint density at radius 2 is 1.88 bits per heavy atom. The molecule has 0 amide bonds. The van der Waals surface area contributed by atoms with Gasteiger partial charge in [0.1, 0.15) is 17.3 Å². The second kappa shape index (κ2) is 8.53. The van der Waals surface area contributed by atoms with E-state index in [9.17, 15) is 4.79 Å². The topological polar surface area (TPSA) is 74.5 Å². The number of thioether (sulfide) groups is 1. The van der Waals surface area contributed by atoms with Crippen LogP contribution in [0.1, 0.15) is 12.5 Å². The molecule has 0 radical (unpaired) electrons. The molecule has 0 N–H and O–H groups in total. The lowest BCUT2D eigenvalue weighted by Crippen LogP contribution is -2.10. The van der Waals surface area contributed by atoms with Crippen molar-refractivity contribution in [2.75, 3.05) is 12.4 Å². The van der Waals surface area contributed by atoms with Gasteiger partial charge in [0.25, 0.3) is 5.22 Å². The van der Waals surface area contributed by atoms with Crippen LogP contribution in [0.4, 0.5) is 0 Å². The largest absolute Gasteiger partial charge is 0.494 e. The van der Waals surface area contributed by atoms with E-state index in [1.165, 1.54) is 0 Å². The summed E-state index contributed by atoms with van der Waals surface area (Å²) in [6.45, 7) is 4.49. The lowest BCUT2D eigenvalue weighted by molar-refractivity contribution is -0.131. The van der Waals surface area contributed by atoms with Crippen LogP contribution in [0.15, 0.2) is 58.2 Å². The Morgan fingerprint density at radius 1 is 1.12 bits per heavy atom. The van der Waals surface area contributed by atoms with Crippen molar-refractivity contribution >= 4 is 17.7 Å². The van der Waals surface area contributed by atoms with Gasteiger partial charge >= 0.3 is 5.97 Å². The fourth-order valence-electron chi connectivity index (χ4n) is 2.21. The zero-order valence-corrected chi connectivity index (χ0v) is 15.3. The molecule has 1 aromatic heterocycles. The molecule has 0 aliphatic rings. The average molecular weight is 370 g/mol. The summed E-state index contributed by atoms with van der Waals surface area (Å²) in [7, 11) is 0. The molecule has 0 spiro atoms. The SMILES string of the molecule is CCOc1ccc(OC(=O)CSc2nnc(-c3cccc(C)c3)o2)cc1. The minimum Gasteiger partial charge on any atom is -0.494 e. The van der Waals surface area contributed by atoms with E-state index in [1.54, 1.807) is 24.3 Å². The number of carbonyl (C=O) groups is 1. The Hall–Kier alpha value is -2.80. The third-order valence-electron chi connectivity index (χ3n) is 3.35. The second-order valence-electron chi connectivity index (χ2n) is 5.41. The van der Waals surface area contributed by atoms with Crippen molar-refractivity contribution in [3.8, 4) is 23.0 Å². The molecular formula is C19H18N2O4S. The first-order valence-corrected chi connectivity index (χ1v) is 9.09. The van der Waals surface area contributed by atoms with E-state index >= 15 is 0 Å². The van der Waals surface area contributed by atoms with Gasteiger partial charge in [0, 0.05) is 5.56 Å². The Kier molecular flexibility index (Phi) is 5.91. The van der Waals surface area contributed by atoms with Crippen LogP contribution in [0.25, 0.3) is 11.5 Å². The van der Waals surface area contributed by atoms with Crippen molar-refractivity contribution in [2.45, 2.75) is 19.1 Å². The molecule has 0 saturated heterocycles. The number of benzene rings is 2. The number of aryl methyl sites for hydroxylation is 1. The van der Waals surface area contributed by atoms with Gasteiger partial charge in [0.15, 0.2) is 0 Å². The third-order valence-corrected chi connectivity index (χ3v) is 4.14. The number of hydrogen-bond donors (Lipinski definition) is 0. The van der Waals surface area contributed by atoms with Gasteiger partial charge in [0.05, 0.1) is 6.61 Å². The molecule has 0 unspecified atom stereocenters. The average Bonchev–Trinajstić information content (AvgIpc) is 3.11. The van der Waals surface area contributed by atoms with Gasteiger partial charge in [-0.3, -0.25) is 4.79 Å². The van der Waals surface area contributed by atoms with E-state index in [1.807, 2.05) is 38.1 Å². The first-order chi connectivity index (χ1) is 12.6. The highest BCUT2D eigenvalue weighted by atomic mass is 32.2. The molecule has 1 heterocycles. The smallest absolute Gasteiger partial charge is 0.321 e. The van der Waals surface area contributed by atoms with Crippen LogP contribution in [0, 0.1) is 6.92 Å². The van der Waals surface area contributed by atoms with Crippen LogP contribution in [0.5, 0.6) is 11.5 Å². The van der Waals surface area contributed by atoms with Crippen molar-refractivity contribution in [3.05, 3.63) is 54.1 Å². The van der Waals surface area contributed by atoms with Crippen LogP contribution < -0.4 is 9.47 Å². The summed E-state index contributed by atoms with van der Waals surface area (Å²) in [4.78, 5) is 12.0. The molecule has 7 heteroatoms. The van der Waals surface area contributed by atoms with Gasteiger partial charge in [-0.15, -0.1) is 10.2 Å². The Bertz CT molecular complexity index is 877. The normalized spacial score (nSPS) is 10.5. The molecule has 26 heavy (non-hydrogen) atoms. The van der Waals surface area contributed by atoms with E-state index in [-0.39, 0.29) is 5.75 Å². The number of ether oxygens (including phenoxy) is 2. The van der Waals surface area contributed by atoms with Gasteiger partial charge < -0.3 is 13.9 Å². The molecule has 134 valence electrons. The molecule has 3 aromatic rings. The summed E-state index contributed by atoms with van der Waals surface area (Å²) in [6, 6.07) is 14.7. The summed E-state index contributed by atoms with van der Waals surface area (Å²) in [5.41, 5.74) is 1.95. The van der Waals surface area contributed by atoms with Gasteiger partial charge in [0.2, 0.25) is 5.89 Å². The fourth-order valence-corrected chi connectivity index (χ4v) is 2.75. The van der Waals surface area contributed by atoms with Crippen molar-refractivity contribution in [1.82, 2.24) is 10.2 Å². The fraction of sp³-hybridized carbons (Fsp3) is 0.211. The maximum atomic E-state index is 12.0. The molecule has 2 aromatic carbocycles. The molecule has 0 fully saturated rings. The minimum atomic E-state index is -0.394. The standard InChI is InChI=1S/C19H18N2O4S/c1-3-23-15-7-9-16(10-8-15)24-17(22)12-26-19-21-20-18(25-19)14-6-4-5-13(2)11-14/h4-11H,3,12H2,1-2H3. The van der Waals surface area contributed by atoms with Gasteiger partial charge in [-0.05, 0) is 50.2 Å². The van der Waals surface area contributed by atoms with E-state index in [0.717, 1.165) is 28.6 Å². The molecule has 6 nitrogen and oxygen atoms in total. The van der Waals surface area contributed by atoms with Crippen LogP contribution in [-0.2, 0) is 4.79 Å². The number of aromatic nitrogens is 2. The van der Waals surface area contributed by atoms with Crippen LogP contribution in [-0.4, -0.2) is 28.5 Å². The molecule has 3 rings (SSSR count). The number of esters is 1. The van der Waals surface area contributed by atoms with E-state index in [0.29, 0.717) is 23.5 Å². The zero-order valence-electron chi connectivity index (χ0n) is 14.5. The number of nitrogens with zero attached hydrogens (tertiary/aromatic N) is 2. The number of rotatable bonds is 7. The zero-order chi connectivity index (χ0) is 18.4. The highest BCUT2D eigenvalue weighted by molar-refractivity contribution is 7.99. The maximum absolute atomic E-state index is 12.0. The van der Waals surface area contributed by atoms with E-state index < -0.39 is 5.97 Å². The highest BCUT2D eigenvalue weighted by Crippen LogP contribution is 2.24. The Balaban J connectivity index is 1.53. The maximum Gasteiger partial charge on any atom is 0.321 e. The molecule has 0 aliphatic heterocycles. The van der Waals surface area contributed by atoms with Gasteiger partial charge in [-0.1, -0.05) is 29.5 Å². The predicted octanol–water partition coefficient (Wildman–Crippen LogP) is 4.14. The van der Waals surface area contributed by atoms with E-state index in [2.05, 4.69) is 10.2 Å². The molecule has 0 bridgehead atoms. The lowest BCUT2D eigenvalue weighted by Gasteiger charge is -2.05. The lowest BCUT2D eigenvalue weighted by atomic mass is 10.1. The molecular weight excluding hydrogens is 352 g/mol. The molecule has 0 atom stereocenters. The van der Waals surface area contributed by atoms with Gasteiger partial charge in [-0.2, -0.15) is 0 Å². The van der Waals surface area contributed by atoms with Crippen molar-refractivity contribution in [1.29, 1.82) is 0 Å². The van der Waals surface area contributed by atoms with E-state index in [4.69, 9.17) is 13.9 Å². The second-order valence-corrected chi connectivity index (χ2v) is 6.34. The Labute approximate surface area is 155 Å². The van der Waals surface area contributed by atoms with Gasteiger partial charge in [-0.25, -0.2) is 0 Å². The van der Waals surface area contributed by atoms with Crippen molar-refractivity contribution in [2.24, 2.45) is 0 Å². The minimum absolute atomic E-state index is 0.0721. The summed E-state index contributed by atoms with van der Waals surface area (Å²) < 4.78 is 16.2. The first-order valence-electron chi connectivity index (χ1n) is 8.11. The highest BCUT2D eigenvalue weighted by Gasteiger charge is 2.12. The first kappa shape index (κ1) is 18.0. The molecule has 0 saturated carbocycles. The summed E-state index contributed by atoms with van der Waals surface area (Å²) in [5.74, 6) is 1.30. The monoisotopic (exact) mass is 370 g/mol. The predicted molar refractivity (Wildman–Crippen MR) is 98.4 cm³/mol. The van der Waals surface area contributed by atoms with Crippen molar-refractivity contribution in [3.63, 3.8) is 0 Å². The van der Waals surface area contributed by atoms with Crippen LogP contribution in [0.2, 0.25) is 0 Å². The van der Waals surface area contributed by atoms with Crippen LogP contribution >= 0.6 is 11.8 Å². The number of carbonyl (C=O) groups excluding carboxylic acids is 1. The third kappa shape index (κ3) is 4.86. The quantitative estimate of drug-likeness (QED) is 0.351. The summed E-state index contributed by atoms with van der Waals surface area (Å²) in [5, 5.41) is 8.29. The Morgan fingerprint density at radius 3 is 2.62 bits per heavy atom. The summed E-state index contributed by atoms with van der Waals surface area (Å²) >= 11 is 1.14. The number of hydrogen-bond acceptors (Lipinski definition) is 7.